The summed E-state index contributed by atoms with van der Waals surface area (Å²) in [6.07, 6.45) is 5.35. The predicted molar refractivity (Wildman–Crippen MR) is 182 cm³/mol. The zero-order valence-corrected chi connectivity index (χ0v) is 33.3. The van der Waals surface area contributed by atoms with Crippen molar-refractivity contribution in [3.63, 3.8) is 0 Å². The fourth-order valence-electron chi connectivity index (χ4n) is 5.88. The summed E-state index contributed by atoms with van der Waals surface area (Å²) in [4.78, 5) is 0. The van der Waals surface area contributed by atoms with Crippen LogP contribution in [0, 0.1) is 41.4 Å². The summed E-state index contributed by atoms with van der Waals surface area (Å²) < 4.78 is 1.31. The second kappa shape index (κ2) is 22.3. The first-order valence-electron chi connectivity index (χ1n) is 15.2. The van der Waals surface area contributed by atoms with Crippen LogP contribution in [0.1, 0.15) is 99.1 Å². The Hall–Kier alpha value is -0.297. The van der Waals surface area contributed by atoms with E-state index in [1.807, 2.05) is 78.9 Å². The molecule has 240 valence electrons. The number of halogens is 4. The molecule has 0 saturated carbocycles. The molecule has 0 heterocycles. The second-order valence-electron chi connectivity index (χ2n) is 13.6. The van der Waals surface area contributed by atoms with Gasteiger partial charge in [0.05, 0.1) is 0 Å². The monoisotopic (exact) mass is 740 g/mol. The van der Waals surface area contributed by atoms with Crippen molar-refractivity contribution >= 4 is 26.4 Å². The van der Waals surface area contributed by atoms with Gasteiger partial charge in [0.15, 0.2) is 0 Å². The first-order chi connectivity index (χ1) is 19.1. The van der Waals surface area contributed by atoms with Gasteiger partial charge in [0.2, 0.25) is 0 Å². The van der Waals surface area contributed by atoms with E-state index in [0.717, 1.165) is 27.8 Å². The van der Waals surface area contributed by atoms with E-state index >= 15 is 0 Å². The van der Waals surface area contributed by atoms with E-state index in [-0.39, 0.29) is 24.8 Å². The zero-order chi connectivity index (χ0) is 31.2. The Morgan fingerprint density at radius 3 is 1.37 bits per heavy atom. The van der Waals surface area contributed by atoms with Crippen molar-refractivity contribution in [1.82, 2.24) is 0 Å². The Bertz CT molecular complexity index is 1020. The van der Waals surface area contributed by atoms with Crippen LogP contribution in [0.15, 0.2) is 78.9 Å². The van der Waals surface area contributed by atoms with Crippen LogP contribution >= 0.6 is 23.2 Å². The summed E-state index contributed by atoms with van der Waals surface area (Å²) in [7, 11) is 0. The molecule has 0 aliphatic carbocycles. The van der Waals surface area contributed by atoms with Crippen LogP contribution in [0.25, 0.3) is 0 Å². The fraction of sp³-hybridized carbons (Fsp3) is 0.500. The average molecular weight is 744 g/mol. The van der Waals surface area contributed by atoms with Crippen LogP contribution in [0.5, 0.6) is 0 Å². The summed E-state index contributed by atoms with van der Waals surface area (Å²) in [6, 6.07) is 25.8. The molecular weight excluding hydrogens is 689 g/mol. The molecule has 0 saturated heterocycles. The maximum absolute atomic E-state index is 5.86. The van der Waals surface area contributed by atoms with Crippen LogP contribution in [0.4, 0.5) is 0 Å². The summed E-state index contributed by atoms with van der Waals surface area (Å²) >= 11 is 13.1. The average Bonchev–Trinajstić information content (AvgIpc) is 3.46. The summed E-state index contributed by atoms with van der Waals surface area (Å²) in [5.74, 6) is 2.92. The normalized spacial score (nSPS) is 13.8. The van der Waals surface area contributed by atoms with Crippen molar-refractivity contribution in [3.05, 3.63) is 107 Å². The molecule has 0 radical (unpaired) electrons. The van der Waals surface area contributed by atoms with E-state index in [4.69, 9.17) is 23.2 Å². The second-order valence-corrected chi connectivity index (χ2v) is 15.7. The number of benzene rings is 2. The summed E-state index contributed by atoms with van der Waals surface area (Å²) in [5, 5.41) is 1.53. The Morgan fingerprint density at radius 2 is 1.09 bits per heavy atom. The maximum atomic E-state index is 5.86. The van der Waals surface area contributed by atoms with Gasteiger partial charge in [-0.2, -0.15) is 24.1 Å². The van der Waals surface area contributed by atoms with Crippen LogP contribution in [-0.2, 0) is 24.2 Å². The van der Waals surface area contributed by atoms with Crippen LogP contribution in [-0.4, -0.2) is 3.21 Å². The van der Waals surface area contributed by atoms with Crippen LogP contribution in [0.2, 0.25) is 10.0 Å². The van der Waals surface area contributed by atoms with E-state index in [2.05, 4.69) is 69.2 Å². The molecule has 3 aromatic rings. The molecular formula is C38H54Cl4Zr-2. The molecule has 4 atom stereocenters. The van der Waals surface area contributed by atoms with E-state index in [0.29, 0.717) is 16.7 Å². The fourth-order valence-corrected chi connectivity index (χ4v) is 6.95. The van der Waals surface area contributed by atoms with Gasteiger partial charge in [0.1, 0.15) is 0 Å². The summed E-state index contributed by atoms with van der Waals surface area (Å²) in [6.45, 7) is 25.8. The van der Waals surface area contributed by atoms with Gasteiger partial charge in [-0.3, -0.25) is 0 Å². The largest absolute Gasteiger partial charge is 1.00 e. The molecule has 0 aliphatic rings. The maximum Gasteiger partial charge on any atom is -0.0340 e. The molecule has 3 rings (SSSR count). The molecule has 4 unspecified atom stereocenters. The standard InChI is InChI=1S/C20H41.C13H8Cl2.C5H5.2ClH.Zr/c1-11-12-16(4)18(20(8,9)10)14-13-17(15(2)3)19(5,6)7;14-12-5-1-10(2-6-12)9-11-3-7-13(15)8-4-11;1-2-4-5-3-1;;;/h15-18H,2,11-14H2,1,3-10H3;1-8H;1-5H;2*1H;/q-1;;-1;;;+2/p-2. The molecule has 0 bridgehead atoms. The summed E-state index contributed by atoms with van der Waals surface area (Å²) in [5.41, 5.74) is 3.22. The van der Waals surface area contributed by atoms with E-state index in [9.17, 15) is 0 Å². The molecule has 0 spiro atoms. The van der Waals surface area contributed by atoms with Crippen molar-refractivity contribution in [2.24, 2.45) is 34.5 Å². The Labute approximate surface area is 302 Å². The quantitative estimate of drug-likeness (QED) is 0.219. The first-order valence-corrected chi connectivity index (χ1v) is 17.2. The number of hydrogen-bond donors (Lipinski definition) is 0. The third-order valence-corrected chi connectivity index (χ3v) is 9.88. The molecule has 43 heavy (non-hydrogen) atoms. The van der Waals surface area contributed by atoms with E-state index in [1.54, 1.807) is 0 Å². The van der Waals surface area contributed by atoms with Gasteiger partial charge in [0.25, 0.3) is 0 Å². The molecule has 0 aromatic heterocycles. The van der Waals surface area contributed by atoms with Gasteiger partial charge in [0, 0.05) is 0 Å². The Kier molecular flexibility index (Phi) is 23.2. The van der Waals surface area contributed by atoms with Crippen molar-refractivity contribution in [3.8, 4) is 0 Å². The Balaban J connectivity index is 0. The molecule has 5 heteroatoms. The topological polar surface area (TPSA) is 0 Å². The first kappa shape index (κ1) is 44.8. The van der Waals surface area contributed by atoms with Gasteiger partial charge in [-0.1, -0.05) is 87.5 Å². The SMILES string of the molecule is Clc1ccc([C](=[Zr+2])c2ccc(Cl)cc2)cc1.[CH2-]C(C)C(CCC(C(C)CCC)C(C)(C)C)C(C)(C)C.[Cl-].[Cl-].c1cc[cH-]c1. The molecule has 0 fully saturated rings. The van der Waals surface area contributed by atoms with Crippen LogP contribution in [0.3, 0.4) is 0 Å². The minimum atomic E-state index is 0. The van der Waals surface area contributed by atoms with Crippen LogP contribution < -0.4 is 24.8 Å². The van der Waals surface area contributed by atoms with Gasteiger partial charge in [-0.25, -0.2) is 12.1 Å². The molecule has 0 nitrogen and oxygen atoms in total. The Morgan fingerprint density at radius 1 is 0.721 bits per heavy atom. The predicted octanol–water partition coefficient (Wildman–Crippen LogP) is 6.52. The van der Waals surface area contributed by atoms with Gasteiger partial charge in [-0.15, -0.1) is 0 Å². The molecule has 3 aromatic carbocycles. The van der Waals surface area contributed by atoms with Gasteiger partial charge >= 0.3 is 120 Å². The third-order valence-electron chi connectivity index (χ3n) is 7.95. The minimum Gasteiger partial charge on any atom is -1.00 e. The zero-order valence-electron chi connectivity index (χ0n) is 27.9. The van der Waals surface area contributed by atoms with E-state index in [1.165, 1.54) is 64.3 Å². The van der Waals surface area contributed by atoms with Gasteiger partial charge in [-0.05, 0) is 29.1 Å². The van der Waals surface area contributed by atoms with E-state index < -0.39 is 0 Å². The molecule has 0 aliphatic heterocycles. The molecule has 0 N–H and O–H groups in total. The molecule has 0 amide bonds. The van der Waals surface area contributed by atoms with Crippen molar-refractivity contribution in [1.29, 1.82) is 0 Å². The van der Waals surface area contributed by atoms with Gasteiger partial charge < -0.3 is 31.7 Å². The third kappa shape index (κ3) is 17.8. The van der Waals surface area contributed by atoms with Crippen molar-refractivity contribution in [2.45, 2.75) is 88.0 Å². The van der Waals surface area contributed by atoms with Crippen molar-refractivity contribution < 1.29 is 49.0 Å². The van der Waals surface area contributed by atoms with Crippen molar-refractivity contribution in [2.75, 3.05) is 0 Å². The number of hydrogen-bond acceptors (Lipinski definition) is 0. The smallest absolute Gasteiger partial charge is 0.0340 e. The number of rotatable bonds is 9. The minimum absolute atomic E-state index is 0.